The molecule has 1 aliphatic rings. The highest BCUT2D eigenvalue weighted by atomic mass is 19.1. The van der Waals surface area contributed by atoms with E-state index in [1.807, 2.05) is 0 Å². The Morgan fingerprint density at radius 3 is 2.80 bits per heavy atom. The summed E-state index contributed by atoms with van der Waals surface area (Å²) in [5.41, 5.74) is 0.648. The van der Waals surface area contributed by atoms with E-state index >= 15 is 0 Å². The topological polar surface area (TPSA) is 53.9 Å². The zero-order valence-corrected chi connectivity index (χ0v) is 11.1. The molecule has 5 nitrogen and oxygen atoms in total. The van der Waals surface area contributed by atoms with Gasteiger partial charge in [0.2, 0.25) is 5.95 Å². The van der Waals surface area contributed by atoms with Crippen LogP contribution >= 0.6 is 0 Å². The Hall–Kier alpha value is -2.24. The molecule has 1 aromatic heterocycles. The summed E-state index contributed by atoms with van der Waals surface area (Å²) in [7, 11) is 0. The Bertz CT molecular complexity index is 583. The maximum Gasteiger partial charge on any atom is 0.247 e. The number of nitrogens with zero attached hydrogens (tertiary/aromatic N) is 4. The van der Waals surface area contributed by atoms with Crippen LogP contribution in [0.2, 0.25) is 0 Å². The van der Waals surface area contributed by atoms with Crippen LogP contribution in [0.1, 0.15) is 19.3 Å². The zero-order valence-electron chi connectivity index (χ0n) is 11.1. The first-order valence-electron chi connectivity index (χ1n) is 6.78. The zero-order chi connectivity index (χ0) is 13.8. The molecule has 0 bridgehead atoms. The van der Waals surface area contributed by atoms with Gasteiger partial charge in [0.1, 0.15) is 5.82 Å². The third kappa shape index (κ3) is 3.01. The Balaban J connectivity index is 1.77. The van der Waals surface area contributed by atoms with Crippen LogP contribution in [-0.2, 0) is 0 Å². The van der Waals surface area contributed by atoms with Gasteiger partial charge < -0.3 is 10.2 Å². The Morgan fingerprint density at radius 2 is 2.00 bits per heavy atom. The molecule has 0 unspecified atom stereocenters. The third-order valence-electron chi connectivity index (χ3n) is 3.28. The Morgan fingerprint density at radius 1 is 1.15 bits per heavy atom. The average molecular weight is 273 g/mol. The van der Waals surface area contributed by atoms with Gasteiger partial charge in [-0.2, -0.15) is 10.1 Å². The number of hydrogen-bond acceptors (Lipinski definition) is 5. The van der Waals surface area contributed by atoms with Crippen molar-refractivity contribution in [3.8, 4) is 0 Å². The normalized spacial score (nSPS) is 15.2. The van der Waals surface area contributed by atoms with Crippen LogP contribution in [0.15, 0.2) is 30.5 Å². The number of nitrogens with one attached hydrogen (secondary N) is 1. The molecule has 1 fully saturated rings. The van der Waals surface area contributed by atoms with Gasteiger partial charge in [-0.25, -0.2) is 4.39 Å². The lowest BCUT2D eigenvalue weighted by Gasteiger charge is -2.26. The second kappa shape index (κ2) is 5.81. The summed E-state index contributed by atoms with van der Waals surface area (Å²) in [6.07, 6.45) is 5.11. The molecule has 0 saturated carbocycles. The number of anilines is 3. The molecule has 0 spiro atoms. The molecule has 1 aliphatic heterocycles. The second-order valence-corrected chi connectivity index (χ2v) is 4.82. The first kappa shape index (κ1) is 12.8. The van der Waals surface area contributed by atoms with Gasteiger partial charge in [0.15, 0.2) is 5.82 Å². The molecule has 2 heterocycles. The molecule has 6 heteroatoms. The van der Waals surface area contributed by atoms with Crippen molar-refractivity contribution in [3.05, 3.63) is 36.3 Å². The Kier molecular flexibility index (Phi) is 3.71. The number of benzene rings is 1. The molecule has 0 aliphatic carbocycles. The highest BCUT2D eigenvalue weighted by Crippen LogP contribution is 2.18. The number of aromatic nitrogens is 3. The minimum Gasteiger partial charge on any atom is -0.339 e. The van der Waals surface area contributed by atoms with Crippen molar-refractivity contribution < 1.29 is 4.39 Å². The van der Waals surface area contributed by atoms with Gasteiger partial charge in [-0.15, -0.1) is 5.10 Å². The lowest BCUT2D eigenvalue weighted by Crippen LogP contribution is -2.31. The molecule has 3 rings (SSSR count). The van der Waals surface area contributed by atoms with Crippen LogP contribution in [0.5, 0.6) is 0 Å². The van der Waals surface area contributed by atoms with Crippen molar-refractivity contribution >= 4 is 17.5 Å². The summed E-state index contributed by atoms with van der Waals surface area (Å²) in [5.74, 6) is 0.922. The molecule has 104 valence electrons. The number of hydrogen-bond donors (Lipinski definition) is 1. The lowest BCUT2D eigenvalue weighted by atomic mass is 10.1. The first-order valence-corrected chi connectivity index (χ1v) is 6.78. The summed E-state index contributed by atoms with van der Waals surface area (Å²) in [6.45, 7) is 1.93. The van der Waals surface area contributed by atoms with Crippen LogP contribution in [0.25, 0.3) is 0 Å². The maximum atomic E-state index is 13.1. The monoisotopic (exact) mass is 273 g/mol. The molecule has 2 aromatic rings. The van der Waals surface area contributed by atoms with Gasteiger partial charge in [-0.05, 0) is 37.5 Å². The van der Waals surface area contributed by atoms with E-state index in [1.165, 1.54) is 18.6 Å². The molecule has 1 saturated heterocycles. The van der Waals surface area contributed by atoms with E-state index in [-0.39, 0.29) is 5.82 Å². The quantitative estimate of drug-likeness (QED) is 0.932. The van der Waals surface area contributed by atoms with E-state index in [9.17, 15) is 4.39 Å². The fourth-order valence-electron chi connectivity index (χ4n) is 2.30. The summed E-state index contributed by atoms with van der Waals surface area (Å²) in [4.78, 5) is 6.57. The van der Waals surface area contributed by atoms with Crippen molar-refractivity contribution in [1.82, 2.24) is 15.2 Å². The molecular formula is C14H16FN5. The number of piperidine rings is 1. The summed E-state index contributed by atoms with van der Waals surface area (Å²) >= 11 is 0. The summed E-state index contributed by atoms with van der Waals surface area (Å²) < 4.78 is 13.1. The van der Waals surface area contributed by atoms with Crippen molar-refractivity contribution in [1.29, 1.82) is 0 Å². The largest absolute Gasteiger partial charge is 0.339 e. The fourth-order valence-corrected chi connectivity index (χ4v) is 2.30. The Labute approximate surface area is 116 Å². The first-order chi connectivity index (χ1) is 9.81. The molecular weight excluding hydrogens is 257 g/mol. The van der Waals surface area contributed by atoms with Crippen LogP contribution in [-0.4, -0.2) is 28.3 Å². The van der Waals surface area contributed by atoms with Gasteiger partial charge in [-0.1, -0.05) is 6.07 Å². The van der Waals surface area contributed by atoms with E-state index in [0.29, 0.717) is 17.5 Å². The van der Waals surface area contributed by atoms with E-state index in [0.717, 1.165) is 25.9 Å². The van der Waals surface area contributed by atoms with Crippen LogP contribution < -0.4 is 10.2 Å². The fraction of sp³-hybridized carbons (Fsp3) is 0.357. The van der Waals surface area contributed by atoms with Gasteiger partial charge in [-0.3, -0.25) is 0 Å². The SMILES string of the molecule is Fc1cccc(Nc2cnnc(N3CCCCC3)n2)c1. The molecule has 0 radical (unpaired) electrons. The van der Waals surface area contributed by atoms with Gasteiger partial charge in [0, 0.05) is 18.8 Å². The van der Waals surface area contributed by atoms with Crippen molar-refractivity contribution in [2.75, 3.05) is 23.3 Å². The van der Waals surface area contributed by atoms with E-state index < -0.39 is 0 Å². The van der Waals surface area contributed by atoms with Gasteiger partial charge in [0.25, 0.3) is 0 Å². The van der Waals surface area contributed by atoms with Gasteiger partial charge >= 0.3 is 0 Å². The smallest absolute Gasteiger partial charge is 0.247 e. The number of halogens is 1. The van der Waals surface area contributed by atoms with E-state index in [2.05, 4.69) is 25.4 Å². The minimum atomic E-state index is -0.284. The van der Waals surface area contributed by atoms with E-state index in [4.69, 9.17) is 0 Å². The number of rotatable bonds is 3. The summed E-state index contributed by atoms with van der Waals surface area (Å²) in [6, 6.07) is 6.26. The average Bonchev–Trinajstić information content (AvgIpc) is 2.48. The van der Waals surface area contributed by atoms with Crippen molar-refractivity contribution in [2.24, 2.45) is 0 Å². The molecule has 20 heavy (non-hydrogen) atoms. The molecule has 1 N–H and O–H groups in total. The van der Waals surface area contributed by atoms with Crippen LogP contribution in [0.3, 0.4) is 0 Å². The van der Waals surface area contributed by atoms with Gasteiger partial charge in [0.05, 0.1) is 6.20 Å². The standard InChI is InChI=1S/C14H16FN5/c15-11-5-4-6-12(9-11)17-13-10-16-19-14(18-13)20-7-2-1-3-8-20/h4-6,9-10H,1-3,7-8H2,(H,17,18,19). The predicted molar refractivity (Wildman–Crippen MR) is 75.6 cm³/mol. The highest BCUT2D eigenvalue weighted by molar-refractivity contribution is 5.56. The highest BCUT2D eigenvalue weighted by Gasteiger charge is 2.14. The predicted octanol–water partition coefficient (Wildman–Crippen LogP) is 2.74. The second-order valence-electron chi connectivity index (χ2n) is 4.82. The van der Waals surface area contributed by atoms with Crippen LogP contribution in [0, 0.1) is 5.82 Å². The third-order valence-corrected chi connectivity index (χ3v) is 3.28. The molecule has 0 atom stereocenters. The van der Waals surface area contributed by atoms with E-state index in [1.54, 1.807) is 18.3 Å². The molecule has 0 amide bonds. The summed E-state index contributed by atoms with van der Waals surface area (Å²) in [5, 5.41) is 11.1. The lowest BCUT2D eigenvalue weighted by molar-refractivity contribution is 0.565. The van der Waals surface area contributed by atoms with Crippen molar-refractivity contribution in [3.63, 3.8) is 0 Å². The maximum absolute atomic E-state index is 13.1. The minimum absolute atomic E-state index is 0.284. The van der Waals surface area contributed by atoms with Crippen molar-refractivity contribution in [2.45, 2.75) is 19.3 Å². The van der Waals surface area contributed by atoms with Crippen LogP contribution in [0.4, 0.5) is 21.8 Å². The molecule has 1 aromatic carbocycles.